The van der Waals surface area contributed by atoms with Crippen molar-refractivity contribution in [2.75, 3.05) is 0 Å². The second kappa shape index (κ2) is 4.17. The lowest BCUT2D eigenvalue weighted by molar-refractivity contribution is 0.564. The van der Waals surface area contributed by atoms with Crippen molar-refractivity contribution in [1.29, 1.82) is 0 Å². The van der Waals surface area contributed by atoms with Crippen molar-refractivity contribution in [3.63, 3.8) is 0 Å². The van der Waals surface area contributed by atoms with Crippen LogP contribution >= 0.6 is 0 Å². The number of nitrogens with zero attached hydrogens (tertiary/aromatic N) is 1. The summed E-state index contributed by atoms with van der Waals surface area (Å²) in [5, 5.41) is 0. The Morgan fingerprint density at radius 3 is 2.79 bits per heavy atom. The molecule has 1 unspecified atom stereocenters. The van der Waals surface area contributed by atoms with E-state index in [-0.39, 0.29) is 10.8 Å². The zero-order valence-corrected chi connectivity index (χ0v) is 8.36. The van der Waals surface area contributed by atoms with E-state index < -0.39 is 10.0 Å². The maximum absolute atomic E-state index is 11.3. The zero-order chi connectivity index (χ0) is 10.6. The summed E-state index contributed by atoms with van der Waals surface area (Å²) in [5.41, 5.74) is 0. The molecule has 0 bridgehead atoms. The smallest absolute Gasteiger partial charge is 0.210 e. The van der Waals surface area contributed by atoms with E-state index in [0.717, 1.165) is 6.08 Å². The van der Waals surface area contributed by atoms with Gasteiger partial charge >= 0.3 is 0 Å². The predicted molar refractivity (Wildman–Crippen MR) is 52.6 cm³/mol. The van der Waals surface area contributed by atoms with Gasteiger partial charge in [0.15, 0.2) is 0 Å². The van der Waals surface area contributed by atoms with Crippen LogP contribution in [0, 0.1) is 5.92 Å². The fourth-order valence-corrected chi connectivity index (χ4v) is 1.67. The van der Waals surface area contributed by atoms with Crippen LogP contribution in [-0.2, 0) is 14.8 Å². The molecule has 1 rings (SSSR count). The van der Waals surface area contributed by atoms with E-state index in [9.17, 15) is 13.2 Å². The lowest BCUT2D eigenvalue weighted by atomic mass is 10.2. The third-order valence-electron chi connectivity index (χ3n) is 1.69. The van der Waals surface area contributed by atoms with Crippen molar-refractivity contribution >= 4 is 16.1 Å². The van der Waals surface area contributed by atoms with Gasteiger partial charge < -0.3 is 0 Å². The summed E-state index contributed by atoms with van der Waals surface area (Å²) in [6, 6.07) is 0. The lowest BCUT2D eigenvalue weighted by Gasteiger charge is -1.95. The van der Waals surface area contributed by atoms with E-state index in [1.54, 1.807) is 12.2 Å². The molecule has 14 heavy (non-hydrogen) atoms. The lowest BCUT2D eigenvalue weighted by Crippen LogP contribution is -1.97. The molecule has 1 atom stereocenters. The SMILES string of the molecule is CC1C=CC=C(S(=O)(=O)N=C=O)C=C1. The third-order valence-corrected chi connectivity index (χ3v) is 2.88. The quantitative estimate of drug-likeness (QED) is 0.510. The Morgan fingerprint density at radius 1 is 1.43 bits per heavy atom. The molecule has 1 aliphatic carbocycles. The third kappa shape index (κ3) is 2.52. The highest BCUT2D eigenvalue weighted by molar-refractivity contribution is 7.94. The second-order valence-electron chi connectivity index (χ2n) is 2.83. The zero-order valence-electron chi connectivity index (χ0n) is 7.54. The fourth-order valence-electron chi connectivity index (χ4n) is 0.966. The van der Waals surface area contributed by atoms with Crippen molar-refractivity contribution in [3.8, 4) is 0 Å². The molecule has 0 radical (unpaired) electrons. The molecule has 0 N–H and O–H groups in total. The van der Waals surface area contributed by atoms with Gasteiger partial charge in [0.25, 0.3) is 16.1 Å². The summed E-state index contributed by atoms with van der Waals surface area (Å²) < 4.78 is 25.3. The van der Waals surface area contributed by atoms with Gasteiger partial charge in [-0.25, -0.2) is 4.79 Å². The van der Waals surface area contributed by atoms with Gasteiger partial charge in [0, 0.05) is 0 Å². The molecule has 0 aromatic rings. The van der Waals surface area contributed by atoms with Gasteiger partial charge in [-0.05, 0) is 18.1 Å². The Labute approximate surface area is 82.4 Å². The van der Waals surface area contributed by atoms with Crippen LogP contribution in [0.1, 0.15) is 6.92 Å². The number of hydrogen-bond donors (Lipinski definition) is 0. The van der Waals surface area contributed by atoms with Gasteiger partial charge in [-0.15, -0.1) is 0 Å². The summed E-state index contributed by atoms with van der Waals surface area (Å²) in [6.07, 6.45) is 9.03. The van der Waals surface area contributed by atoms with Crippen molar-refractivity contribution in [1.82, 2.24) is 0 Å². The van der Waals surface area contributed by atoms with Crippen LogP contribution in [0.5, 0.6) is 0 Å². The average molecular weight is 211 g/mol. The molecular formula is C9H9NO3S. The summed E-state index contributed by atoms with van der Waals surface area (Å²) >= 11 is 0. The first-order valence-electron chi connectivity index (χ1n) is 3.97. The van der Waals surface area contributed by atoms with Gasteiger partial charge in [-0.1, -0.05) is 29.5 Å². The van der Waals surface area contributed by atoms with E-state index in [1.165, 1.54) is 12.2 Å². The molecule has 0 fully saturated rings. The monoisotopic (exact) mass is 211 g/mol. The van der Waals surface area contributed by atoms with Crippen molar-refractivity contribution in [2.24, 2.45) is 10.3 Å². The average Bonchev–Trinajstić information content (AvgIpc) is 2.30. The minimum absolute atomic E-state index is 0.00134. The maximum Gasteiger partial charge on any atom is 0.292 e. The molecule has 0 aliphatic heterocycles. The van der Waals surface area contributed by atoms with Crippen molar-refractivity contribution in [2.45, 2.75) is 6.92 Å². The molecule has 5 heteroatoms. The van der Waals surface area contributed by atoms with E-state index >= 15 is 0 Å². The van der Waals surface area contributed by atoms with E-state index in [0.29, 0.717) is 0 Å². The van der Waals surface area contributed by atoms with E-state index in [2.05, 4.69) is 4.40 Å². The Kier molecular flexibility index (Phi) is 3.17. The highest BCUT2D eigenvalue weighted by atomic mass is 32.2. The van der Waals surface area contributed by atoms with Crippen LogP contribution in [0.3, 0.4) is 0 Å². The molecular weight excluding hydrogens is 202 g/mol. The highest BCUT2D eigenvalue weighted by Crippen LogP contribution is 2.15. The predicted octanol–water partition coefficient (Wildman–Crippen LogP) is 1.30. The standard InChI is InChI=1S/C9H9NO3S/c1-8-3-2-4-9(6-5-8)14(12,13)10-7-11/h2-6,8H,1H3. The van der Waals surface area contributed by atoms with Crippen LogP contribution in [-0.4, -0.2) is 14.5 Å². The minimum Gasteiger partial charge on any atom is -0.210 e. The molecule has 4 nitrogen and oxygen atoms in total. The largest absolute Gasteiger partial charge is 0.292 e. The number of sulfonamides is 1. The number of isocyanates is 1. The topological polar surface area (TPSA) is 63.6 Å². The summed E-state index contributed by atoms with van der Waals surface area (Å²) in [7, 11) is -3.86. The fraction of sp³-hybridized carbons (Fsp3) is 0.222. The van der Waals surface area contributed by atoms with Crippen LogP contribution < -0.4 is 0 Å². The molecule has 0 saturated carbocycles. The molecule has 0 amide bonds. The minimum atomic E-state index is -3.86. The molecule has 0 saturated heterocycles. The molecule has 1 aliphatic rings. The van der Waals surface area contributed by atoms with Gasteiger partial charge in [0.2, 0.25) is 0 Å². The Bertz CT molecular complexity index is 450. The van der Waals surface area contributed by atoms with Crippen molar-refractivity contribution in [3.05, 3.63) is 35.3 Å². The van der Waals surface area contributed by atoms with Crippen LogP contribution in [0.15, 0.2) is 39.7 Å². The first-order valence-corrected chi connectivity index (χ1v) is 5.41. The normalized spacial score (nSPS) is 20.9. The van der Waals surface area contributed by atoms with Gasteiger partial charge in [0.05, 0.1) is 4.91 Å². The molecule has 0 heterocycles. The Hall–Kier alpha value is -1.45. The molecule has 0 aromatic carbocycles. The Balaban J connectivity index is 3.13. The van der Waals surface area contributed by atoms with Crippen LogP contribution in [0.4, 0.5) is 0 Å². The van der Waals surface area contributed by atoms with Gasteiger partial charge in [-0.2, -0.15) is 8.42 Å². The molecule has 74 valence electrons. The van der Waals surface area contributed by atoms with Crippen LogP contribution in [0.2, 0.25) is 0 Å². The van der Waals surface area contributed by atoms with Crippen molar-refractivity contribution < 1.29 is 13.2 Å². The summed E-state index contributed by atoms with van der Waals surface area (Å²) in [4.78, 5) is 9.87. The summed E-state index contributed by atoms with van der Waals surface area (Å²) in [6.45, 7) is 1.92. The number of hydrogen-bond acceptors (Lipinski definition) is 3. The number of rotatable bonds is 2. The highest BCUT2D eigenvalue weighted by Gasteiger charge is 2.13. The van der Waals surface area contributed by atoms with E-state index in [1.807, 2.05) is 13.0 Å². The van der Waals surface area contributed by atoms with Gasteiger partial charge in [0.1, 0.15) is 0 Å². The first-order chi connectivity index (χ1) is 6.56. The molecule has 0 spiro atoms. The molecule has 0 aromatic heterocycles. The Morgan fingerprint density at radius 2 is 2.14 bits per heavy atom. The first kappa shape index (κ1) is 10.6. The van der Waals surface area contributed by atoms with E-state index in [4.69, 9.17) is 0 Å². The summed E-state index contributed by atoms with van der Waals surface area (Å²) in [5.74, 6) is 0.166. The maximum atomic E-state index is 11.3. The second-order valence-corrected chi connectivity index (χ2v) is 4.43. The number of carbonyl (C=O) groups excluding carboxylic acids is 1. The van der Waals surface area contributed by atoms with Gasteiger partial charge in [-0.3, -0.25) is 0 Å². The number of allylic oxidation sites excluding steroid dienone is 5. The van der Waals surface area contributed by atoms with Crippen LogP contribution in [0.25, 0.3) is 0 Å².